The minimum Gasteiger partial charge on any atom is -0.444 e. The fourth-order valence-electron chi connectivity index (χ4n) is 3.11. The van der Waals surface area contributed by atoms with Gasteiger partial charge in [-0.15, -0.1) is 0 Å². The Bertz CT molecular complexity index is 298. The molecule has 1 N–H and O–H groups in total. The highest BCUT2D eigenvalue weighted by Crippen LogP contribution is 2.40. The minimum absolute atomic E-state index is 0.181. The van der Waals surface area contributed by atoms with Gasteiger partial charge in [0.05, 0.1) is 0 Å². The molecule has 0 radical (unpaired) electrons. The molecule has 3 atom stereocenters. The van der Waals surface area contributed by atoms with Crippen LogP contribution in [0.4, 0.5) is 4.79 Å². The third-order valence-electron chi connectivity index (χ3n) is 3.75. The zero-order valence-corrected chi connectivity index (χ0v) is 11.0. The average Bonchev–Trinajstić information content (AvgIpc) is 2.43. The van der Waals surface area contributed by atoms with Gasteiger partial charge in [-0.3, -0.25) is 0 Å². The number of amides is 1. The molecule has 2 fully saturated rings. The Balaban J connectivity index is 2.08. The SMILES string of the molecule is CC(C)(C)OC(=O)N1C2CCCC1C(CO)C2. The summed E-state index contributed by atoms with van der Waals surface area (Å²) in [6.45, 7) is 5.85. The van der Waals surface area contributed by atoms with Crippen LogP contribution in [0.15, 0.2) is 0 Å². The Morgan fingerprint density at radius 3 is 2.71 bits per heavy atom. The Kier molecular flexibility index (Phi) is 3.34. The van der Waals surface area contributed by atoms with Crippen LogP contribution in [0.2, 0.25) is 0 Å². The first kappa shape index (κ1) is 12.7. The van der Waals surface area contributed by atoms with E-state index in [2.05, 4.69) is 0 Å². The zero-order valence-electron chi connectivity index (χ0n) is 11.0. The van der Waals surface area contributed by atoms with E-state index in [0.717, 1.165) is 25.7 Å². The second-order valence-electron chi connectivity index (χ2n) is 6.22. The highest BCUT2D eigenvalue weighted by Gasteiger charge is 2.46. The maximum atomic E-state index is 12.2. The lowest BCUT2D eigenvalue weighted by atomic mass is 9.99. The van der Waals surface area contributed by atoms with E-state index in [4.69, 9.17) is 4.74 Å². The van der Waals surface area contributed by atoms with Gasteiger partial charge < -0.3 is 14.7 Å². The molecule has 0 aromatic carbocycles. The number of aliphatic hydroxyl groups is 1. The number of rotatable bonds is 1. The number of carbonyl (C=O) groups excluding carboxylic acids is 1. The number of ether oxygens (including phenoxy) is 1. The van der Waals surface area contributed by atoms with E-state index < -0.39 is 5.60 Å². The maximum Gasteiger partial charge on any atom is 0.410 e. The molecule has 0 saturated carbocycles. The molecule has 3 unspecified atom stereocenters. The van der Waals surface area contributed by atoms with Gasteiger partial charge in [0.25, 0.3) is 0 Å². The van der Waals surface area contributed by atoms with E-state index >= 15 is 0 Å². The van der Waals surface area contributed by atoms with Crippen molar-refractivity contribution in [3.05, 3.63) is 0 Å². The Morgan fingerprint density at radius 2 is 2.12 bits per heavy atom. The molecule has 1 amide bonds. The lowest BCUT2D eigenvalue weighted by Crippen LogP contribution is -2.47. The summed E-state index contributed by atoms with van der Waals surface area (Å²) in [5.41, 5.74) is -0.442. The topological polar surface area (TPSA) is 49.8 Å². The van der Waals surface area contributed by atoms with Gasteiger partial charge in [-0.1, -0.05) is 0 Å². The van der Waals surface area contributed by atoms with E-state index in [0.29, 0.717) is 0 Å². The van der Waals surface area contributed by atoms with Crippen LogP contribution in [-0.4, -0.2) is 40.4 Å². The normalized spacial score (nSPS) is 32.7. The van der Waals surface area contributed by atoms with Gasteiger partial charge in [-0.2, -0.15) is 0 Å². The number of carbonyl (C=O) groups is 1. The zero-order chi connectivity index (χ0) is 12.6. The van der Waals surface area contributed by atoms with E-state index in [1.807, 2.05) is 25.7 Å². The van der Waals surface area contributed by atoms with Crippen LogP contribution >= 0.6 is 0 Å². The van der Waals surface area contributed by atoms with Crippen molar-refractivity contribution < 1.29 is 14.6 Å². The summed E-state index contributed by atoms with van der Waals surface area (Å²) in [5.74, 6) is 0.245. The number of nitrogens with zero attached hydrogens (tertiary/aromatic N) is 1. The predicted octanol–water partition coefficient (Wildman–Crippen LogP) is 2.16. The van der Waals surface area contributed by atoms with Crippen LogP contribution in [0.5, 0.6) is 0 Å². The molecule has 4 heteroatoms. The van der Waals surface area contributed by atoms with Crippen LogP contribution in [0.25, 0.3) is 0 Å². The monoisotopic (exact) mass is 241 g/mol. The van der Waals surface area contributed by atoms with E-state index in [9.17, 15) is 9.90 Å². The molecule has 4 nitrogen and oxygen atoms in total. The molecular formula is C13H23NO3. The molecule has 0 aromatic heterocycles. The van der Waals surface area contributed by atoms with Crippen LogP contribution in [0.3, 0.4) is 0 Å². The maximum absolute atomic E-state index is 12.2. The summed E-state index contributed by atoms with van der Waals surface area (Å²) < 4.78 is 5.46. The first-order chi connectivity index (χ1) is 7.92. The molecular weight excluding hydrogens is 218 g/mol. The van der Waals surface area contributed by atoms with Crippen molar-refractivity contribution in [2.24, 2.45) is 5.92 Å². The van der Waals surface area contributed by atoms with Crippen LogP contribution in [-0.2, 0) is 4.74 Å². The molecule has 0 aromatic rings. The Morgan fingerprint density at radius 1 is 1.41 bits per heavy atom. The third kappa shape index (κ3) is 2.57. The highest BCUT2D eigenvalue weighted by molar-refractivity contribution is 5.69. The molecule has 0 aliphatic carbocycles. The molecule has 2 saturated heterocycles. The largest absolute Gasteiger partial charge is 0.444 e. The van der Waals surface area contributed by atoms with Gasteiger partial charge >= 0.3 is 6.09 Å². The summed E-state index contributed by atoms with van der Waals surface area (Å²) in [7, 11) is 0. The molecule has 2 aliphatic heterocycles. The molecule has 17 heavy (non-hydrogen) atoms. The van der Waals surface area contributed by atoms with Crippen molar-refractivity contribution in [2.45, 2.75) is 64.1 Å². The predicted molar refractivity (Wildman–Crippen MR) is 64.7 cm³/mol. The number of aliphatic hydroxyl groups excluding tert-OH is 1. The van der Waals surface area contributed by atoms with Gasteiger partial charge in [-0.05, 0) is 46.5 Å². The fourth-order valence-corrected chi connectivity index (χ4v) is 3.11. The van der Waals surface area contributed by atoms with Crippen LogP contribution in [0.1, 0.15) is 46.5 Å². The third-order valence-corrected chi connectivity index (χ3v) is 3.75. The summed E-state index contributed by atoms with van der Waals surface area (Å²) >= 11 is 0. The summed E-state index contributed by atoms with van der Waals surface area (Å²) in [6.07, 6.45) is 3.93. The Labute approximate surface area is 103 Å². The van der Waals surface area contributed by atoms with Crippen LogP contribution in [0, 0.1) is 5.92 Å². The molecule has 2 aliphatic rings. The van der Waals surface area contributed by atoms with Crippen molar-refractivity contribution in [2.75, 3.05) is 6.61 Å². The van der Waals surface area contributed by atoms with E-state index in [-0.39, 0.29) is 30.7 Å². The lowest BCUT2D eigenvalue weighted by Gasteiger charge is -2.36. The average molecular weight is 241 g/mol. The van der Waals surface area contributed by atoms with Crippen molar-refractivity contribution in [1.29, 1.82) is 0 Å². The molecule has 0 spiro atoms. The molecule has 2 bridgehead atoms. The van der Waals surface area contributed by atoms with Crippen LogP contribution < -0.4 is 0 Å². The number of fused-ring (bicyclic) bond motifs is 2. The smallest absolute Gasteiger partial charge is 0.410 e. The second kappa shape index (κ2) is 4.48. The van der Waals surface area contributed by atoms with Gasteiger partial charge in [0, 0.05) is 24.6 Å². The quantitative estimate of drug-likeness (QED) is 0.765. The lowest BCUT2D eigenvalue weighted by molar-refractivity contribution is 0.00447. The van der Waals surface area contributed by atoms with Gasteiger partial charge in [0.2, 0.25) is 0 Å². The van der Waals surface area contributed by atoms with E-state index in [1.165, 1.54) is 0 Å². The summed E-state index contributed by atoms with van der Waals surface area (Å²) in [6, 6.07) is 0.467. The molecule has 2 heterocycles. The first-order valence-corrected chi connectivity index (χ1v) is 6.54. The van der Waals surface area contributed by atoms with Gasteiger partial charge in [0.15, 0.2) is 0 Å². The van der Waals surface area contributed by atoms with E-state index in [1.54, 1.807) is 0 Å². The summed E-state index contributed by atoms with van der Waals surface area (Å²) in [4.78, 5) is 14.0. The number of hydrogen-bond acceptors (Lipinski definition) is 3. The standard InChI is InChI=1S/C13H23NO3/c1-13(2,3)17-12(16)14-10-5-4-6-11(14)9(7-10)8-15/h9-11,15H,4-8H2,1-3H3. The molecule has 2 rings (SSSR count). The number of hydrogen-bond donors (Lipinski definition) is 1. The van der Waals surface area contributed by atoms with Crippen molar-refractivity contribution >= 4 is 6.09 Å². The first-order valence-electron chi connectivity index (χ1n) is 6.54. The highest BCUT2D eigenvalue weighted by atomic mass is 16.6. The molecule has 98 valence electrons. The summed E-state index contributed by atoms with van der Waals surface area (Å²) in [5, 5.41) is 9.37. The van der Waals surface area contributed by atoms with Gasteiger partial charge in [-0.25, -0.2) is 4.79 Å². The minimum atomic E-state index is -0.442. The fraction of sp³-hybridized carbons (Fsp3) is 0.923. The van der Waals surface area contributed by atoms with Crippen molar-refractivity contribution in [3.63, 3.8) is 0 Å². The van der Waals surface area contributed by atoms with Gasteiger partial charge in [0.1, 0.15) is 5.60 Å². The Hall–Kier alpha value is -0.770. The number of piperidine rings is 1. The van der Waals surface area contributed by atoms with Crippen molar-refractivity contribution in [1.82, 2.24) is 4.90 Å². The van der Waals surface area contributed by atoms with Crippen molar-refractivity contribution in [3.8, 4) is 0 Å². The second-order valence-corrected chi connectivity index (χ2v) is 6.22.